The molecule has 1 aliphatic rings. The van der Waals surface area contributed by atoms with Gasteiger partial charge in [0, 0.05) is 22.0 Å². The molecule has 0 radical (unpaired) electrons. The van der Waals surface area contributed by atoms with Gasteiger partial charge in [0.1, 0.15) is 23.4 Å². The van der Waals surface area contributed by atoms with Crippen LogP contribution in [0.3, 0.4) is 0 Å². The first kappa shape index (κ1) is 20.1. The monoisotopic (exact) mass is 441 g/mol. The van der Waals surface area contributed by atoms with Gasteiger partial charge in [-0.05, 0) is 67.7 Å². The van der Waals surface area contributed by atoms with Gasteiger partial charge in [-0.25, -0.2) is 4.39 Å². The molecule has 152 valence electrons. The van der Waals surface area contributed by atoms with Crippen LogP contribution in [0.25, 0.3) is 11.3 Å². The Morgan fingerprint density at radius 3 is 2.67 bits per heavy atom. The molecular formula is C22H17ClFN3O2S. The molecule has 1 aromatic heterocycles. The minimum absolute atomic E-state index is 0.354. The van der Waals surface area contributed by atoms with E-state index in [1.165, 1.54) is 24.3 Å². The Hall–Kier alpha value is -3.16. The maximum Gasteiger partial charge on any atom is 0.255 e. The number of carbonyl (C=O) groups is 1. The first-order valence-electron chi connectivity index (χ1n) is 9.11. The summed E-state index contributed by atoms with van der Waals surface area (Å²) in [5.74, 6) is 0.413. The fourth-order valence-electron chi connectivity index (χ4n) is 3.24. The molecule has 0 unspecified atom stereocenters. The Morgan fingerprint density at radius 2 is 1.93 bits per heavy atom. The Kier molecular flexibility index (Phi) is 5.57. The van der Waals surface area contributed by atoms with Crippen molar-refractivity contribution in [3.05, 3.63) is 88.5 Å². The number of hydrogen-bond donors (Lipinski definition) is 3. The fourth-order valence-corrected chi connectivity index (χ4v) is 3.71. The maximum atomic E-state index is 13.2. The van der Waals surface area contributed by atoms with E-state index in [9.17, 15) is 9.18 Å². The summed E-state index contributed by atoms with van der Waals surface area (Å²) in [5, 5.41) is 9.83. The highest BCUT2D eigenvalue weighted by Crippen LogP contribution is 2.32. The molecule has 0 fully saturated rings. The molecule has 1 amide bonds. The maximum absolute atomic E-state index is 13.2. The summed E-state index contributed by atoms with van der Waals surface area (Å²) in [6.45, 7) is 1.76. The number of amides is 1. The quantitative estimate of drug-likeness (QED) is 0.487. The van der Waals surface area contributed by atoms with Gasteiger partial charge in [-0.2, -0.15) is 0 Å². The fraction of sp³-hybridized carbons (Fsp3) is 0.0909. The molecule has 4 rings (SSSR count). The molecule has 3 aromatic rings. The summed E-state index contributed by atoms with van der Waals surface area (Å²) < 4.78 is 19.2. The highest BCUT2D eigenvalue weighted by molar-refractivity contribution is 7.80. The van der Waals surface area contributed by atoms with Crippen molar-refractivity contribution in [2.45, 2.75) is 13.0 Å². The van der Waals surface area contributed by atoms with Crippen molar-refractivity contribution in [1.82, 2.24) is 10.6 Å². The lowest BCUT2D eigenvalue weighted by Gasteiger charge is -2.28. The third-order valence-corrected chi connectivity index (χ3v) is 5.09. The third-order valence-electron chi connectivity index (χ3n) is 4.64. The van der Waals surface area contributed by atoms with Gasteiger partial charge in [-0.1, -0.05) is 23.7 Å². The second-order valence-corrected chi connectivity index (χ2v) is 7.59. The predicted octanol–water partition coefficient (Wildman–Crippen LogP) is 5.17. The van der Waals surface area contributed by atoms with Crippen LogP contribution in [-0.4, -0.2) is 11.0 Å². The molecule has 0 saturated heterocycles. The number of halogens is 2. The Bertz CT molecular complexity index is 1160. The molecule has 0 bridgehead atoms. The van der Waals surface area contributed by atoms with E-state index in [1.54, 1.807) is 25.1 Å². The molecule has 8 heteroatoms. The van der Waals surface area contributed by atoms with E-state index in [0.29, 0.717) is 38.6 Å². The van der Waals surface area contributed by atoms with Crippen LogP contribution in [0, 0.1) is 5.82 Å². The first-order chi connectivity index (χ1) is 14.4. The van der Waals surface area contributed by atoms with E-state index >= 15 is 0 Å². The van der Waals surface area contributed by atoms with E-state index in [1.807, 2.05) is 18.2 Å². The summed E-state index contributed by atoms with van der Waals surface area (Å²) >= 11 is 11.3. The van der Waals surface area contributed by atoms with Crippen LogP contribution in [0.15, 0.2) is 76.4 Å². The average Bonchev–Trinajstić information content (AvgIpc) is 3.19. The SMILES string of the molecule is CC1=C(C(=O)Nc2ccc(F)cc2)[C@@H](c2ccc(-c3cccc(Cl)c3)o2)NC(=S)N1. The van der Waals surface area contributed by atoms with Crippen molar-refractivity contribution in [1.29, 1.82) is 0 Å². The zero-order chi connectivity index (χ0) is 21.3. The summed E-state index contributed by atoms with van der Waals surface area (Å²) in [6, 6.07) is 15.9. The summed E-state index contributed by atoms with van der Waals surface area (Å²) in [6.07, 6.45) is 0. The van der Waals surface area contributed by atoms with Crippen molar-refractivity contribution in [3.63, 3.8) is 0 Å². The number of anilines is 1. The van der Waals surface area contributed by atoms with Crippen LogP contribution in [0.4, 0.5) is 10.1 Å². The van der Waals surface area contributed by atoms with Crippen LogP contribution in [0.2, 0.25) is 5.02 Å². The van der Waals surface area contributed by atoms with Crippen molar-refractivity contribution in [2.24, 2.45) is 0 Å². The van der Waals surface area contributed by atoms with E-state index in [2.05, 4.69) is 16.0 Å². The van der Waals surface area contributed by atoms with Crippen LogP contribution < -0.4 is 16.0 Å². The molecule has 5 nitrogen and oxygen atoms in total. The van der Waals surface area contributed by atoms with Gasteiger partial charge in [-0.15, -0.1) is 0 Å². The van der Waals surface area contributed by atoms with E-state index in [4.69, 9.17) is 28.2 Å². The summed E-state index contributed by atoms with van der Waals surface area (Å²) in [5.41, 5.74) is 2.32. The number of hydrogen-bond acceptors (Lipinski definition) is 3. The van der Waals surface area contributed by atoms with Crippen LogP contribution in [-0.2, 0) is 4.79 Å². The second kappa shape index (κ2) is 8.30. The minimum atomic E-state index is -0.591. The number of rotatable bonds is 4. The molecule has 2 aromatic carbocycles. The lowest BCUT2D eigenvalue weighted by atomic mass is 10.00. The third kappa shape index (κ3) is 4.22. The molecular weight excluding hydrogens is 425 g/mol. The standard InChI is InChI=1S/C22H17ClFN3O2S/c1-12-19(21(28)26-16-7-5-15(24)6-8-16)20(27-22(30)25-12)18-10-9-17(29-18)13-3-2-4-14(23)11-13/h2-11,20H,1H3,(H,26,28)(H2,25,27,30)/t20-/m1/s1. The van der Waals surface area contributed by atoms with Gasteiger partial charge in [-0.3, -0.25) is 4.79 Å². The topological polar surface area (TPSA) is 66.3 Å². The molecule has 3 N–H and O–H groups in total. The second-order valence-electron chi connectivity index (χ2n) is 6.74. The number of carbonyl (C=O) groups excluding carboxylic acids is 1. The Labute approximate surface area is 182 Å². The smallest absolute Gasteiger partial charge is 0.255 e. The zero-order valence-corrected chi connectivity index (χ0v) is 17.4. The van der Waals surface area contributed by atoms with Crippen molar-refractivity contribution in [2.75, 3.05) is 5.32 Å². The molecule has 1 aliphatic heterocycles. The molecule has 0 spiro atoms. The van der Waals surface area contributed by atoms with Gasteiger partial charge in [0.2, 0.25) is 0 Å². The highest BCUT2D eigenvalue weighted by Gasteiger charge is 2.32. The normalized spacial score (nSPS) is 16.1. The Balaban J connectivity index is 1.65. The number of thiocarbonyl (C=S) groups is 1. The molecule has 0 saturated carbocycles. The van der Waals surface area contributed by atoms with Gasteiger partial charge >= 0.3 is 0 Å². The molecule has 2 heterocycles. The van der Waals surface area contributed by atoms with Crippen molar-refractivity contribution in [3.8, 4) is 11.3 Å². The van der Waals surface area contributed by atoms with Crippen molar-refractivity contribution >= 4 is 40.5 Å². The van der Waals surface area contributed by atoms with Gasteiger partial charge in [0.05, 0.1) is 5.57 Å². The van der Waals surface area contributed by atoms with Crippen LogP contribution >= 0.6 is 23.8 Å². The minimum Gasteiger partial charge on any atom is -0.459 e. The zero-order valence-electron chi connectivity index (χ0n) is 15.8. The average molecular weight is 442 g/mol. The van der Waals surface area contributed by atoms with Crippen molar-refractivity contribution < 1.29 is 13.6 Å². The first-order valence-corrected chi connectivity index (χ1v) is 9.90. The van der Waals surface area contributed by atoms with E-state index < -0.39 is 6.04 Å². The molecule has 1 atom stereocenters. The largest absolute Gasteiger partial charge is 0.459 e. The van der Waals surface area contributed by atoms with E-state index in [0.717, 1.165) is 5.56 Å². The number of allylic oxidation sites excluding steroid dienone is 1. The molecule has 0 aliphatic carbocycles. The lowest BCUT2D eigenvalue weighted by molar-refractivity contribution is -0.113. The Morgan fingerprint density at radius 1 is 1.17 bits per heavy atom. The van der Waals surface area contributed by atoms with Gasteiger partial charge < -0.3 is 20.4 Å². The highest BCUT2D eigenvalue weighted by atomic mass is 35.5. The lowest BCUT2D eigenvalue weighted by Crippen LogP contribution is -2.45. The number of nitrogens with one attached hydrogen (secondary N) is 3. The predicted molar refractivity (Wildman–Crippen MR) is 118 cm³/mol. The number of furan rings is 1. The van der Waals surface area contributed by atoms with Crippen LogP contribution in [0.1, 0.15) is 18.7 Å². The number of benzene rings is 2. The van der Waals surface area contributed by atoms with E-state index in [-0.39, 0.29) is 11.7 Å². The molecule has 30 heavy (non-hydrogen) atoms. The van der Waals surface area contributed by atoms with Gasteiger partial charge in [0.25, 0.3) is 5.91 Å². The van der Waals surface area contributed by atoms with Gasteiger partial charge in [0.15, 0.2) is 5.11 Å². The summed E-state index contributed by atoms with van der Waals surface area (Å²) in [4.78, 5) is 13.0. The van der Waals surface area contributed by atoms with Crippen LogP contribution in [0.5, 0.6) is 0 Å². The summed E-state index contributed by atoms with van der Waals surface area (Å²) in [7, 11) is 0.